The number of carbonyl (C=O) groups excluding carboxylic acids is 2. The standard InChI is InChI=1S/C19H14F2N4O3/c1-28-18(27)11-4-2-5-13(8-11)24-17(26)12-9-22-19(23-10-12)25-16-14(20)6-3-7-15(16)21/h2-10H,1H3,(H,24,26)(H,22,23,25). The first-order valence-electron chi connectivity index (χ1n) is 8.00. The molecule has 0 atom stereocenters. The second kappa shape index (κ2) is 8.21. The molecule has 0 aliphatic carbocycles. The summed E-state index contributed by atoms with van der Waals surface area (Å²) < 4.78 is 31.9. The van der Waals surface area contributed by atoms with Crippen molar-refractivity contribution in [2.45, 2.75) is 0 Å². The number of amides is 1. The quantitative estimate of drug-likeness (QED) is 0.654. The summed E-state index contributed by atoms with van der Waals surface area (Å²) in [5.41, 5.74) is 0.383. The van der Waals surface area contributed by atoms with E-state index in [1.165, 1.54) is 31.6 Å². The maximum atomic E-state index is 13.6. The number of carbonyl (C=O) groups is 2. The van der Waals surface area contributed by atoms with E-state index in [2.05, 4.69) is 25.3 Å². The molecule has 3 rings (SSSR count). The van der Waals surface area contributed by atoms with E-state index < -0.39 is 23.5 Å². The molecule has 0 radical (unpaired) electrons. The van der Waals surface area contributed by atoms with E-state index in [-0.39, 0.29) is 22.8 Å². The third-order valence-electron chi connectivity index (χ3n) is 3.66. The van der Waals surface area contributed by atoms with Crippen molar-refractivity contribution in [2.75, 3.05) is 17.7 Å². The van der Waals surface area contributed by atoms with Crippen molar-refractivity contribution in [3.05, 3.63) is 77.6 Å². The maximum Gasteiger partial charge on any atom is 0.337 e. The summed E-state index contributed by atoms with van der Waals surface area (Å²) in [6.07, 6.45) is 2.40. The predicted molar refractivity (Wildman–Crippen MR) is 97.4 cm³/mol. The lowest BCUT2D eigenvalue weighted by Crippen LogP contribution is -2.14. The molecule has 1 aromatic heterocycles. The van der Waals surface area contributed by atoms with Gasteiger partial charge in [0.15, 0.2) is 0 Å². The smallest absolute Gasteiger partial charge is 0.337 e. The molecule has 0 saturated carbocycles. The molecule has 0 saturated heterocycles. The van der Waals surface area contributed by atoms with Crippen LogP contribution in [0.5, 0.6) is 0 Å². The van der Waals surface area contributed by atoms with Gasteiger partial charge in [-0.05, 0) is 30.3 Å². The minimum atomic E-state index is -0.795. The van der Waals surface area contributed by atoms with Gasteiger partial charge in [-0.2, -0.15) is 0 Å². The summed E-state index contributed by atoms with van der Waals surface area (Å²) in [6, 6.07) is 9.62. The first-order valence-corrected chi connectivity index (χ1v) is 8.00. The number of rotatable bonds is 5. The number of nitrogens with one attached hydrogen (secondary N) is 2. The first-order chi connectivity index (χ1) is 13.5. The van der Waals surface area contributed by atoms with E-state index in [9.17, 15) is 18.4 Å². The molecule has 9 heteroatoms. The SMILES string of the molecule is COC(=O)c1cccc(NC(=O)c2cnc(Nc3c(F)cccc3F)nc2)c1. The lowest BCUT2D eigenvalue weighted by atomic mass is 10.2. The monoisotopic (exact) mass is 384 g/mol. The van der Waals surface area contributed by atoms with Crippen LogP contribution in [0.15, 0.2) is 54.9 Å². The van der Waals surface area contributed by atoms with Crippen LogP contribution >= 0.6 is 0 Å². The van der Waals surface area contributed by atoms with Gasteiger partial charge < -0.3 is 15.4 Å². The van der Waals surface area contributed by atoms with Crippen LogP contribution in [-0.4, -0.2) is 29.0 Å². The van der Waals surface area contributed by atoms with Crippen LogP contribution in [0.1, 0.15) is 20.7 Å². The molecule has 2 N–H and O–H groups in total. The minimum absolute atomic E-state index is 0.0757. The average molecular weight is 384 g/mol. The number of anilines is 3. The molecule has 0 unspecified atom stereocenters. The number of ether oxygens (including phenoxy) is 1. The van der Waals surface area contributed by atoms with E-state index in [0.29, 0.717) is 5.69 Å². The fourth-order valence-electron chi connectivity index (χ4n) is 2.28. The van der Waals surface area contributed by atoms with Gasteiger partial charge in [0.25, 0.3) is 5.91 Å². The molecule has 3 aromatic rings. The van der Waals surface area contributed by atoms with E-state index >= 15 is 0 Å². The summed E-state index contributed by atoms with van der Waals surface area (Å²) in [4.78, 5) is 31.6. The van der Waals surface area contributed by atoms with Gasteiger partial charge >= 0.3 is 5.97 Å². The van der Waals surface area contributed by atoms with Gasteiger partial charge in [0, 0.05) is 18.1 Å². The van der Waals surface area contributed by atoms with Crippen molar-refractivity contribution in [3.8, 4) is 0 Å². The molecule has 0 spiro atoms. The summed E-state index contributed by atoms with van der Waals surface area (Å²) in [7, 11) is 1.26. The number of benzene rings is 2. The lowest BCUT2D eigenvalue weighted by molar-refractivity contribution is 0.0600. The molecule has 0 fully saturated rings. The van der Waals surface area contributed by atoms with Crippen molar-refractivity contribution in [2.24, 2.45) is 0 Å². The highest BCUT2D eigenvalue weighted by atomic mass is 19.1. The lowest BCUT2D eigenvalue weighted by Gasteiger charge is -2.08. The molecule has 2 aromatic carbocycles. The largest absolute Gasteiger partial charge is 0.465 e. The summed E-state index contributed by atoms with van der Waals surface area (Å²) >= 11 is 0. The Bertz CT molecular complexity index is 1010. The third kappa shape index (κ3) is 4.26. The highest BCUT2D eigenvalue weighted by Gasteiger charge is 2.12. The van der Waals surface area contributed by atoms with Crippen LogP contribution < -0.4 is 10.6 Å². The number of nitrogens with zero attached hydrogens (tertiary/aromatic N) is 2. The van der Waals surface area contributed by atoms with Crippen molar-refractivity contribution >= 4 is 29.2 Å². The van der Waals surface area contributed by atoms with Crippen LogP contribution in [0.2, 0.25) is 0 Å². The van der Waals surface area contributed by atoms with Crippen molar-refractivity contribution in [1.82, 2.24) is 9.97 Å². The molecule has 7 nitrogen and oxygen atoms in total. The number of methoxy groups -OCH3 is 1. The molecular formula is C19H14F2N4O3. The van der Waals surface area contributed by atoms with Crippen molar-refractivity contribution in [1.29, 1.82) is 0 Å². The van der Waals surface area contributed by atoms with Gasteiger partial charge in [-0.1, -0.05) is 12.1 Å². The maximum absolute atomic E-state index is 13.6. The van der Waals surface area contributed by atoms with Gasteiger partial charge in [0.1, 0.15) is 17.3 Å². The Balaban J connectivity index is 1.71. The van der Waals surface area contributed by atoms with Crippen molar-refractivity contribution in [3.63, 3.8) is 0 Å². The Kier molecular flexibility index (Phi) is 5.54. The van der Waals surface area contributed by atoms with Crippen LogP contribution in [0, 0.1) is 11.6 Å². The topological polar surface area (TPSA) is 93.2 Å². The summed E-state index contributed by atoms with van der Waals surface area (Å²) in [6.45, 7) is 0. The summed E-state index contributed by atoms with van der Waals surface area (Å²) in [5, 5.41) is 5.03. The molecule has 0 aliphatic heterocycles. The van der Waals surface area contributed by atoms with E-state index in [1.54, 1.807) is 18.2 Å². The number of halogens is 2. The molecule has 1 amide bonds. The van der Waals surface area contributed by atoms with Crippen LogP contribution in [0.3, 0.4) is 0 Å². The van der Waals surface area contributed by atoms with E-state index in [0.717, 1.165) is 12.1 Å². The first kappa shape index (κ1) is 18.9. The Morgan fingerprint density at radius 3 is 2.25 bits per heavy atom. The zero-order chi connectivity index (χ0) is 20.1. The van der Waals surface area contributed by atoms with Crippen molar-refractivity contribution < 1.29 is 23.1 Å². The Labute approximate surface area is 158 Å². The van der Waals surface area contributed by atoms with E-state index in [1.807, 2.05) is 0 Å². The normalized spacial score (nSPS) is 10.2. The van der Waals surface area contributed by atoms with Crippen LogP contribution in [0.25, 0.3) is 0 Å². The number of hydrogen-bond donors (Lipinski definition) is 2. The fraction of sp³-hybridized carbons (Fsp3) is 0.0526. The van der Waals surface area contributed by atoms with Gasteiger partial charge in [0.2, 0.25) is 5.95 Å². The predicted octanol–water partition coefficient (Wildman–Crippen LogP) is 3.54. The Hall–Kier alpha value is -3.88. The Morgan fingerprint density at radius 2 is 1.61 bits per heavy atom. The zero-order valence-corrected chi connectivity index (χ0v) is 14.6. The highest BCUT2D eigenvalue weighted by molar-refractivity contribution is 6.04. The number of aromatic nitrogens is 2. The summed E-state index contributed by atoms with van der Waals surface area (Å²) in [5.74, 6) is -2.72. The molecule has 28 heavy (non-hydrogen) atoms. The van der Waals surface area contributed by atoms with Gasteiger partial charge in [-0.15, -0.1) is 0 Å². The third-order valence-corrected chi connectivity index (χ3v) is 3.66. The number of para-hydroxylation sites is 1. The minimum Gasteiger partial charge on any atom is -0.465 e. The van der Waals surface area contributed by atoms with E-state index in [4.69, 9.17) is 0 Å². The second-order valence-corrected chi connectivity index (χ2v) is 5.54. The zero-order valence-electron chi connectivity index (χ0n) is 14.6. The number of hydrogen-bond acceptors (Lipinski definition) is 6. The highest BCUT2D eigenvalue weighted by Crippen LogP contribution is 2.21. The molecule has 142 valence electrons. The fourth-order valence-corrected chi connectivity index (χ4v) is 2.28. The van der Waals surface area contributed by atoms with Gasteiger partial charge in [0.05, 0.1) is 18.2 Å². The van der Waals surface area contributed by atoms with Crippen LogP contribution in [-0.2, 0) is 4.74 Å². The van der Waals surface area contributed by atoms with Gasteiger partial charge in [-0.3, -0.25) is 4.79 Å². The molecule has 0 bridgehead atoms. The molecular weight excluding hydrogens is 370 g/mol. The average Bonchev–Trinajstić information content (AvgIpc) is 2.71. The number of esters is 1. The second-order valence-electron chi connectivity index (χ2n) is 5.54. The van der Waals surface area contributed by atoms with Gasteiger partial charge in [-0.25, -0.2) is 23.5 Å². The molecule has 0 aliphatic rings. The van der Waals surface area contributed by atoms with Crippen LogP contribution in [0.4, 0.5) is 26.1 Å². The molecule has 1 heterocycles. The Morgan fingerprint density at radius 1 is 0.964 bits per heavy atom.